The normalized spacial score (nSPS) is 9.94. The molecule has 0 unspecified atom stereocenters. The van der Waals surface area contributed by atoms with E-state index in [0.717, 1.165) is 11.3 Å². The van der Waals surface area contributed by atoms with Crippen LogP contribution in [0.15, 0.2) is 24.3 Å². The molecule has 0 bridgehead atoms. The number of anilines is 1. The number of benzene rings is 1. The van der Waals surface area contributed by atoms with Crippen LogP contribution in [0.25, 0.3) is 0 Å². The molecule has 0 aliphatic carbocycles. The third-order valence-electron chi connectivity index (χ3n) is 2.15. The van der Waals surface area contributed by atoms with Crippen LogP contribution in [0.5, 0.6) is 0 Å². The largest absolute Gasteiger partial charge is 0.370 e. The number of primary amides is 1. The zero-order valence-electron chi connectivity index (χ0n) is 9.82. The van der Waals surface area contributed by atoms with Crippen molar-refractivity contribution in [1.82, 2.24) is 5.32 Å². The van der Waals surface area contributed by atoms with Crippen LogP contribution < -0.4 is 16.4 Å². The Balaban J connectivity index is 2.35. The van der Waals surface area contributed by atoms with E-state index in [1.165, 1.54) is 6.92 Å². The number of carbonyl (C=O) groups is 2. The Labute approximate surface area is 100 Å². The number of nitrogens with two attached hydrogens (primary N) is 1. The lowest BCUT2D eigenvalue weighted by Crippen LogP contribution is -2.21. The molecule has 0 saturated heterocycles. The van der Waals surface area contributed by atoms with Gasteiger partial charge in [0.25, 0.3) is 0 Å². The molecular weight excluding hydrogens is 218 g/mol. The molecule has 2 amide bonds. The lowest BCUT2D eigenvalue weighted by Gasteiger charge is -2.05. The molecule has 0 heterocycles. The summed E-state index contributed by atoms with van der Waals surface area (Å²) in [5.74, 6) is -0.393. The van der Waals surface area contributed by atoms with Gasteiger partial charge < -0.3 is 16.4 Å². The van der Waals surface area contributed by atoms with Crippen LogP contribution in [0.2, 0.25) is 0 Å². The molecule has 0 aromatic heterocycles. The molecule has 5 nitrogen and oxygen atoms in total. The van der Waals surface area contributed by atoms with Gasteiger partial charge in [0.05, 0.1) is 0 Å². The molecule has 0 spiro atoms. The molecule has 1 aromatic rings. The Morgan fingerprint density at radius 3 is 2.41 bits per heavy atom. The highest BCUT2D eigenvalue weighted by molar-refractivity contribution is 5.88. The van der Waals surface area contributed by atoms with Gasteiger partial charge in [-0.25, -0.2) is 0 Å². The second kappa shape index (κ2) is 6.65. The van der Waals surface area contributed by atoms with Gasteiger partial charge in [0, 0.05) is 32.1 Å². The minimum atomic E-state index is -0.307. The number of nitrogens with one attached hydrogen (secondary N) is 2. The number of amides is 2. The summed E-state index contributed by atoms with van der Waals surface area (Å²) >= 11 is 0. The summed E-state index contributed by atoms with van der Waals surface area (Å²) in [5, 5.41) is 5.80. The second-order valence-electron chi connectivity index (χ2n) is 3.77. The van der Waals surface area contributed by atoms with E-state index in [0.29, 0.717) is 19.5 Å². The monoisotopic (exact) mass is 235 g/mol. The number of hydrogen-bond donors (Lipinski definition) is 3. The summed E-state index contributed by atoms with van der Waals surface area (Å²) < 4.78 is 0. The molecule has 0 aliphatic rings. The van der Waals surface area contributed by atoms with Gasteiger partial charge in [-0.2, -0.15) is 0 Å². The first-order chi connectivity index (χ1) is 8.08. The van der Waals surface area contributed by atoms with Crippen molar-refractivity contribution in [2.75, 3.05) is 11.9 Å². The third-order valence-corrected chi connectivity index (χ3v) is 2.15. The number of rotatable bonds is 6. The van der Waals surface area contributed by atoms with Gasteiger partial charge in [-0.3, -0.25) is 9.59 Å². The highest BCUT2D eigenvalue weighted by Crippen LogP contribution is 2.09. The summed E-state index contributed by atoms with van der Waals surface area (Å²) in [6, 6.07) is 7.52. The van der Waals surface area contributed by atoms with Crippen molar-refractivity contribution in [3.63, 3.8) is 0 Å². The molecule has 0 radical (unpaired) electrons. The first-order valence-electron chi connectivity index (χ1n) is 5.43. The molecule has 0 atom stereocenters. The van der Waals surface area contributed by atoms with Gasteiger partial charge in [-0.15, -0.1) is 0 Å². The smallest absolute Gasteiger partial charge is 0.221 e. The van der Waals surface area contributed by atoms with E-state index in [2.05, 4.69) is 10.6 Å². The molecule has 92 valence electrons. The van der Waals surface area contributed by atoms with Gasteiger partial charge >= 0.3 is 0 Å². The predicted octanol–water partition coefficient (Wildman–Crippen LogP) is 0.610. The molecule has 1 aromatic carbocycles. The maximum absolute atomic E-state index is 10.8. The summed E-state index contributed by atoms with van der Waals surface area (Å²) in [5.41, 5.74) is 6.88. The predicted molar refractivity (Wildman–Crippen MR) is 66.3 cm³/mol. The minimum Gasteiger partial charge on any atom is -0.370 e. The Kier molecular flexibility index (Phi) is 5.16. The van der Waals surface area contributed by atoms with E-state index in [1.54, 1.807) is 0 Å². The molecule has 17 heavy (non-hydrogen) atoms. The SMILES string of the molecule is CC(=O)Nc1ccc(CNCCC(N)=O)cc1. The van der Waals surface area contributed by atoms with Crippen LogP contribution >= 0.6 is 0 Å². The standard InChI is InChI=1S/C12H17N3O2/c1-9(16)15-11-4-2-10(3-5-11)8-14-7-6-12(13)17/h2-5,14H,6-8H2,1H3,(H2,13,17)(H,15,16). The van der Waals surface area contributed by atoms with Crippen molar-refractivity contribution in [3.8, 4) is 0 Å². The Hall–Kier alpha value is -1.88. The van der Waals surface area contributed by atoms with E-state index in [1.807, 2.05) is 24.3 Å². The van der Waals surface area contributed by atoms with Crippen LogP contribution in [0.1, 0.15) is 18.9 Å². The molecule has 5 heteroatoms. The van der Waals surface area contributed by atoms with Crippen LogP contribution in [0, 0.1) is 0 Å². The molecule has 1 rings (SSSR count). The van der Waals surface area contributed by atoms with E-state index in [-0.39, 0.29) is 11.8 Å². The Morgan fingerprint density at radius 2 is 1.88 bits per heavy atom. The van der Waals surface area contributed by atoms with E-state index < -0.39 is 0 Å². The average molecular weight is 235 g/mol. The minimum absolute atomic E-state index is 0.0858. The molecule has 4 N–H and O–H groups in total. The summed E-state index contributed by atoms with van der Waals surface area (Å²) in [6.07, 6.45) is 0.337. The van der Waals surface area contributed by atoms with Gasteiger partial charge in [0.15, 0.2) is 0 Å². The van der Waals surface area contributed by atoms with Crippen molar-refractivity contribution >= 4 is 17.5 Å². The van der Waals surface area contributed by atoms with Crippen molar-refractivity contribution in [2.45, 2.75) is 19.9 Å². The van der Waals surface area contributed by atoms with Gasteiger partial charge in [0.1, 0.15) is 0 Å². The Bertz CT molecular complexity index is 387. The molecule has 0 aliphatic heterocycles. The fraction of sp³-hybridized carbons (Fsp3) is 0.333. The quantitative estimate of drug-likeness (QED) is 0.632. The molecule has 0 saturated carbocycles. The van der Waals surface area contributed by atoms with Crippen molar-refractivity contribution in [2.24, 2.45) is 5.73 Å². The van der Waals surface area contributed by atoms with Gasteiger partial charge in [-0.1, -0.05) is 12.1 Å². The second-order valence-corrected chi connectivity index (χ2v) is 3.77. The number of carbonyl (C=O) groups excluding carboxylic acids is 2. The van der Waals surface area contributed by atoms with E-state index in [4.69, 9.17) is 5.73 Å². The summed E-state index contributed by atoms with van der Waals surface area (Å²) in [7, 11) is 0. The number of hydrogen-bond acceptors (Lipinski definition) is 3. The van der Waals surface area contributed by atoms with Crippen molar-refractivity contribution in [3.05, 3.63) is 29.8 Å². The van der Waals surface area contributed by atoms with Crippen molar-refractivity contribution < 1.29 is 9.59 Å². The first kappa shape index (κ1) is 13.2. The van der Waals surface area contributed by atoms with E-state index in [9.17, 15) is 9.59 Å². The maximum atomic E-state index is 10.8. The van der Waals surface area contributed by atoms with Crippen LogP contribution in [0.4, 0.5) is 5.69 Å². The molecular formula is C12H17N3O2. The zero-order valence-corrected chi connectivity index (χ0v) is 9.82. The Morgan fingerprint density at radius 1 is 1.24 bits per heavy atom. The third kappa shape index (κ3) is 5.67. The van der Waals surface area contributed by atoms with Gasteiger partial charge in [0.2, 0.25) is 11.8 Å². The van der Waals surface area contributed by atoms with Gasteiger partial charge in [-0.05, 0) is 17.7 Å². The fourth-order valence-corrected chi connectivity index (χ4v) is 1.35. The zero-order chi connectivity index (χ0) is 12.7. The first-order valence-corrected chi connectivity index (χ1v) is 5.43. The fourth-order valence-electron chi connectivity index (χ4n) is 1.35. The van der Waals surface area contributed by atoms with E-state index >= 15 is 0 Å². The summed E-state index contributed by atoms with van der Waals surface area (Å²) in [6.45, 7) is 2.72. The topological polar surface area (TPSA) is 84.2 Å². The summed E-state index contributed by atoms with van der Waals surface area (Å²) in [4.78, 5) is 21.3. The average Bonchev–Trinajstić information content (AvgIpc) is 2.25. The highest BCUT2D eigenvalue weighted by Gasteiger charge is 1.97. The lowest BCUT2D eigenvalue weighted by molar-refractivity contribution is -0.118. The van der Waals surface area contributed by atoms with Crippen molar-refractivity contribution in [1.29, 1.82) is 0 Å². The highest BCUT2D eigenvalue weighted by atomic mass is 16.1. The lowest BCUT2D eigenvalue weighted by atomic mass is 10.2. The van der Waals surface area contributed by atoms with Crippen LogP contribution in [-0.2, 0) is 16.1 Å². The maximum Gasteiger partial charge on any atom is 0.221 e. The van der Waals surface area contributed by atoms with Crippen LogP contribution in [0.3, 0.4) is 0 Å². The van der Waals surface area contributed by atoms with Crippen LogP contribution in [-0.4, -0.2) is 18.4 Å². The molecule has 0 fully saturated rings.